The number of fused-ring (bicyclic) bond motifs is 1. The van der Waals surface area contributed by atoms with Crippen LogP contribution in [0.15, 0.2) is 18.2 Å². The molecule has 0 unspecified atom stereocenters. The standard InChI is InChI=1S/C17H20Cl2N4/c18-12-4-5-14(19)16(10-12)23-17-13(6-7-20-17)15(21-23)11-22-8-2-1-3-9-22/h4-5,10,20H,1-3,6-9,11H2. The van der Waals surface area contributed by atoms with E-state index in [1.165, 1.54) is 43.6 Å². The Kier molecular flexibility index (Phi) is 4.22. The summed E-state index contributed by atoms with van der Waals surface area (Å²) in [5, 5.41) is 9.65. The Morgan fingerprint density at radius 1 is 1.13 bits per heavy atom. The SMILES string of the molecule is Clc1ccc(Cl)c(-n2nc(CN3CCCCC3)c3c2NCC3)c1. The lowest BCUT2D eigenvalue weighted by Crippen LogP contribution is -2.29. The van der Waals surface area contributed by atoms with Gasteiger partial charge in [-0.2, -0.15) is 5.10 Å². The minimum Gasteiger partial charge on any atom is -0.369 e. The Morgan fingerprint density at radius 3 is 2.78 bits per heavy atom. The smallest absolute Gasteiger partial charge is 0.133 e. The van der Waals surface area contributed by atoms with Crippen molar-refractivity contribution in [1.82, 2.24) is 14.7 Å². The number of likely N-dealkylation sites (tertiary alicyclic amines) is 1. The van der Waals surface area contributed by atoms with Gasteiger partial charge in [0.2, 0.25) is 0 Å². The lowest BCUT2D eigenvalue weighted by molar-refractivity contribution is 0.217. The van der Waals surface area contributed by atoms with Crippen LogP contribution in [-0.2, 0) is 13.0 Å². The quantitative estimate of drug-likeness (QED) is 0.903. The molecule has 0 atom stereocenters. The molecule has 0 bridgehead atoms. The van der Waals surface area contributed by atoms with Crippen LogP contribution < -0.4 is 5.32 Å². The summed E-state index contributed by atoms with van der Waals surface area (Å²) < 4.78 is 1.93. The number of anilines is 1. The fourth-order valence-corrected chi connectivity index (χ4v) is 3.89. The fourth-order valence-electron chi connectivity index (χ4n) is 3.52. The van der Waals surface area contributed by atoms with E-state index in [9.17, 15) is 0 Å². The number of hydrogen-bond acceptors (Lipinski definition) is 3. The molecule has 3 heterocycles. The van der Waals surface area contributed by atoms with Gasteiger partial charge in [0.1, 0.15) is 5.82 Å². The van der Waals surface area contributed by atoms with Crippen LogP contribution in [-0.4, -0.2) is 34.3 Å². The third-order valence-corrected chi connectivity index (χ3v) is 5.25. The zero-order valence-electron chi connectivity index (χ0n) is 13.0. The second-order valence-electron chi connectivity index (χ2n) is 6.29. The molecule has 1 saturated heterocycles. The van der Waals surface area contributed by atoms with E-state index < -0.39 is 0 Å². The second-order valence-corrected chi connectivity index (χ2v) is 7.14. The van der Waals surface area contributed by atoms with Crippen LogP contribution in [0.3, 0.4) is 0 Å². The maximum Gasteiger partial charge on any atom is 0.133 e. The zero-order chi connectivity index (χ0) is 15.8. The molecule has 1 fully saturated rings. The van der Waals surface area contributed by atoms with E-state index in [1.807, 2.05) is 16.8 Å². The van der Waals surface area contributed by atoms with E-state index in [1.54, 1.807) is 6.07 Å². The van der Waals surface area contributed by atoms with Gasteiger partial charge in [0.15, 0.2) is 0 Å². The minimum absolute atomic E-state index is 0.665. The summed E-state index contributed by atoms with van der Waals surface area (Å²) in [6.07, 6.45) is 4.96. The number of piperidine rings is 1. The molecule has 0 radical (unpaired) electrons. The molecule has 2 aliphatic heterocycles. The molecule has 0 spiro atoms. The first kappa shape index (κ1) is 15.3. The van der Waals surface area contributed by atoms with Crippen LogP contribution in [0.2, 0.25) is 10.0 Å². The van der Waals surface area contributed by atoms with E-state index in [0.717, 1.165) is 31.0 Å². The highest BCUT2D eigenvalue weighted by atomic mass is 35.5. The van der Waals surface area contributed by atoms with Gasteiger partial charge in [-0.15, -0.1) is 0 Å². The lowest BCUT2D eigenvalue weighted by atomic mass is 10.1. The van der Waals surface area contributed by atoms with Gasteiger partial charge in [-0.1, -0.05) is 29.6 Å². The third kappa shape index (κ3) is 2.95. The van der Waals surface area contributed by atoms with Crippen LogP contribution in [0.1, 0.15) is 30.5 Å². The van der Waals surface area contributed by atoms with E-state index in [4.69, 9.17) is 28.3 Å². The van der Waals surface area contributed by atoms with Gasteiger partial charge >= 0.3 is 0 Å². The molecule has 0 saturated carbocycles. The summed E-state index contributed by atoms with van der Waals surface area (Å²) >= 11 is 12.5. The van der Waals surface area contributed by atoms with Crippen molar-refractivity contribution in [2.75, 3.05) is 25.0 Å². The first-order valence-corrected chi connectivity index (χ1v) is 9.00. The van der Waals surface area contributed by atoms with Crippen molar-refractivity contribution in [3.63, 3.8) is 0 Å². The van der Waals surface area contributed by atoms with Gasteiger partial charge in [-0.25, -0.2) is 4.68 Å². The number of nitrogens with zero attached hydrogens (tertiary/aromatic N) is 3. The Morgan fingerprint density at radius 2 is 1.96 bits per heavy atom. The first-order chi connectivity index (χ1) is 11.2. The predicted molar refractivity (Wildman–Crippen MR) is 94.9 cm³/mol. The molecule has 1 aromatic carbocycles. The molecule has 4 nitrogen and oxygen atoms in total. The molecule has 1 aromatic heterocycles. The summed E-state index contributed by atoms with van der Waals surface area (Å²) in [6, 6.07) is 5.51. The summed E-state index contributed by atoms with van der Waals surface area (Å²) in [5.41, 5.74) is 3.34. The van der Waals surface area contributed by atoms with Crippen molar-refractivity contribution in [2.24, 2.45) is 0 Å². The summed E-state index contributed by atoms with van der Waals surface area (Å²) in [7, 11) is 0. The van der Waals surface area contributed by atoms with Crippen LogP contribution in [0.4, 0.5) is 5.82 Å². The van der Waals surface area contributed by atoms with Crippen molar-refractivity contribution in [2.45, 2.75) is 32.2 Å². The van der Waals surface area contributed by atoms with E-state index in [-0.39, 0.29) is 0 Å². The maximum absolute atomic E-state index is 6.38. The average molecular weight is 351 g/mol. The Bertz CT molecular complexity index is 720. The van der Waals surface area contributed by atoms with Crippen LogP contribution >= 0.6 is 23.2 Å². The lowest BCUT2D eigenvalue weighted by Gasteiger charge is -2.25. The number of rotatable bonds is 3. The van der Waals surface area contributed by atoms with Gasteiger partial charge in [-0.05, 0) is 50.6 Å². The Labute approximate surface area is 146 Å². The summed E-state index contributed by atoms with van der Waals surface area (Å²) in [5.74, 6) is 1.07. The highest BCUT2D eigenvalue weighted by Crippen LogP contribution is 2.33. The molecule has 2 aromatic rings. The van der Waals surface area contributed by atoms with Crippen LogP contribution in [0, 0.1) is 0 Å². The number of nitrogens with one attached hydrogen (secondary N) is 1. The van der Waals surface area contributed by atoms with Gasteiger partial charge in [0, 0.05) is 23.7 Å². The van der Waals surface area contributed by atoms with Crippen molar-refractivity contribution >= 4 is 29.0 Å². The van der Waals surface area contributed by atoms with Gasteiger partial charge in [0.05, 0.1) is 16.4 Å². The van der Waals surface area contributed by atoms with Gasteiger partial charge in [-0.3, -0.25) is 4.90 Å². The Balaban J connectivity index is 1.71. The highest BCUT2D eigenvalue weighted by Gasteiger charge is 2.25. The molecule has 23 heavy (non-hydrogen) atoms. The molecule has 122 valence electrons. The number of halogens is 2. The zero-order valence-corrected chi connectivity index (χ0v) is 14.5. The van der Waals surface area contributed by atoms with Crippen LogP contribution in [0.25, 0.3) is 5.69 Å². The minimum atomic E-state index is 0.665. The third-order valence-electron chi connectivity index (χ3n) is 4.69. The molecular formula is C17H20Cl2N4. The van der Waals surface area contributed by atoms with Crippen molar-refractivity contribution in [1.29, 1.82) is 0 Å². The molecular weight excluding hydrogens is 331 g/mol. The van der Waals surface area contributed by atoms with Crippen LogP contribution in [0.5, 0.6) is 0 Å². The molecule has 0 aliphatic carbocycles. The Hall–Kier alpha value is -1.23. The highest BCUT2D eigenvalue weighted by molar-refractivity contribution is 6.34. The van der Waals surface area contributed by atoms with Gasteiger partial charge < -0.3 is 5.32 Å². The number of hydrogen-bond donors (Lipinski definition) is 1. The first-order valence-electron chi connectivity index (χ1n) is 8.25. The molecule has 2 aliphatic rings. The predicted octanol–water partition coefficient (Wildman–Crippen LogP) is 4.13. The topological polar surface area (TPSA) is 33.1 Å². The average Bonchev–Trinajstić information content (AvgIpc) is 3.15. The number of benzene rings is 1. The molecule has 0 amide bonds. The molecule has 1 N–H and O–H groups in total. The maximum atomic E-state index is 6.38. The van der Waals surface area contributed by atoms with Crippen molar-refractivity contribution < 1.29 is 0 Å². The van der Waals surface area contributed by atoms with E-state index >= 15 is 0 Å². The second kappa shape index (κ2) is 6.34. The van der Waals surface area contributed by atoms with E-state index in [0.29, 0.717) is 10.0 Å². The number of aromatic nitrogens is 2. The van der Waals surface area contributed by atoms with Crippen molar-refractivity contribution in [3.8, 4) is 5.69 Å². The fraction of sp³-hybridized carbons (Fsp3) is 0.471. The molecule has 4 rings (SSSR count). The van der Waals surface area contributed by atoms with Gasteiger partial charge in [0.25, 0.3) is 0 Å². The normalized spacial score (nSPS) is 18.0. The summed E-state index contributed by atoms with van der Waals surface area (Å²) in [4.78, 5) is 2.51. The monoisotopic (exact) mass is 350 g/mol. The van der Waals surface area contributed by atoms with Crippen molar-refractivity contribution in [3.05, 3.63) is 39.5 Å². The van der Waals surface area contributed by atoms with E-state index in [2.05, 4.69) is 10.2 Å². The largest absolute Gasteiger partial charge is 0.369 e. The molecule has 6 heteroatoms. The summed E-state index contributed by atoms with van der Waals surface area (Å²) in [6.45, 7) is 4.23.